The van der Waals surface area contributed by atoms with Crippen LogP contribution < -0.4 is 4.74 Å². The zero-order valence-corrected chi connectivity index (χ0v) is 10.4. The summed E-state index contributed by atoms with van der Waals surface area (Å²) in [6.45, 7) is 1.20. The Labute approximate surface area is 101 Å². The van der Waals surface area contributed by atoms with E-state index in [0.29, 0.717) is 19.0 Å². The zero-order valence-electron chi connectivity index (χ0n) is 8.20. The van der Waals surface area contributed by atoms with Gasteiger partial charge in [0, 0.05) is 5.56 Å². The number of rotatable bonds is 2. The topological polar surface area (TPSA) is 47.9 Å². The largest absolute Gasteiger partial charge is 0.504 e. The molecule has 1 aromatic rings. The predicted molar refractivity (Wildman–Crippen MR) is 62.0 cm³/mol. The average molecular weight is 322 g/mol. The summed E-state index contributed by atoms with van der Waals surface area (Å²) < 4.78 is 16.5. The van der Waals surface area contributed by atoms with Crippen molar-refractivity contribution in [1.82, 2.24) is 0 Å². The van der Waals surface area contributed by atoms with Gasteiger partial charge in [0.15, 0.2) is 17.8 Å². The highest BCUT2D eigenvalue weighted by molar-refractivity contribution is 14.1. The first-order valence-electron chi connectivity index (χ1n) is 4.52. The summed E-state index contributed by atoms with van der Waals surface area (Å²) in [6, 6.07) is 3.56. The van der Waals surface area contributed by atoms with Crippen LogP contribution in [-0.4, -0.2) is 25.4 Å². The third-order valence-corrected chi connectivity index (χ3v) is 2.99. The second-order valence-corrected chi connectivity index (χ2v) is 4.29. The molecule has 15 heavy (non-hydrogen) atoms. The van der Waals surface area contributed by atoms with Crippen molar-refractivity contribution in [1.29, 1.82) is 0 Å². The summed E-state index contributed by atoms with van der Waals surface area (Å²) in [5.41, 5.74) is 0.867. The van der Waals surface area contributed by atoms with Crippen molar-refractivity contribution in [2.45, 2.75) is 6.29 Å². The molecule has 1 N–H and O–H groups in total. The number of aromatic hydroxyl groups is 1. The van der Waals surface area contributed by atoms with Gasteiger partial charge in [-0.1, -0.05) is 0 Å². The molecule has 4 nitrogen and oxygen atoms in total. The maximum atomic E-state index is 9.65. The lowest BCUT2D eigenvalue weighted by Gasteiger charge is -2.12. The highest BCUT2D eigenvalue weighted by Crippen LogP contribution is 2.36. The molecular weight excluding hydrogens is 311 g/mol. The molecule has 0 saturated carbocycles. The number of phenolic OH excluding ortho intramolecular Hbond substituents is 1. The number of methoxy groups -OCH3 is 1. The average Bonchev–Trinajstić information content (AvgIpc) is 2.75. The van der Waals surface area contributed by atoms with Gasteiger partial charge in [-0.05, 0) is 34.7 Å². The van der Waals surface area contributed by atoms with Gasteiger partial charge in [-0.3, -0.25) is 0 Å². The number of benzene rings is 1. The van der Waals surface area contributed by atoms with Crippen molar-refractivity contribution in [2.24, 2.45) is 0 Å². The van der Waals surface area contributed by atoms with E-state index in [1.165, 1.54) is 7.11 Å². The smallest absolute Gasteiger partial charge is 0.184 e. The van der Waals surface area contributed by atoms with Crippen molar-refractivity contribution in [2.75, 3.05) is 20.3 Å². The van der Waals surface area contributed by atoms with E-state index in [4.69, 9.17) is 14.2 Å². The second kappa shape index (κ2) is 4.54. The first kappa shape index (κ1) is 11.0. The van der Waals surface area contributed by atoms with Crippen LogP contribution in [0, 0.1) is 3.57 Å². The van der Waals surface area contributed by atoms with Crippen molar-refractivity contribution in [3.63, 3.8) is 0 Å². The van der Waals surface area contributed by atoms with Crippen LogP contribution in [0.1, 0.15) is 11.9 Å². The Hall–Kier alpha value is -0.530. The molecule has 0 radical (unpaired) electrons. The molecule has 1 fully saturated rings. The Morgan fingerprint density at radius 2 is 2.07 bits per heavy atom. The number of halogens is 1. The molecule has 0 amide bonds. The van der Waals surface area contributed by atoms with Gasteiger partial charge >= 0.3 is 0 Å². The quantitative estimate of drug-likeness (QED) is 0.847. The number of phenols is 1. The summed E-state index contributed by atoms with van der Waals surface area (Å²) in [4.78, 5) is 0. The first-order valence-corrected chi connectivity index (χ1v) is 5.60. The highest BCUT2D eigenvalue weighted by Gasteiger charge is 2.21. The molecular formula is C10H11IO4. The van der Waals surface area contributed by atoms with Gasteiger partial charge in [-0.15, -0.1) is 0 Å². The van der Waals surface area contributed by atoms with Gasteiger partial charge in [0.1, 0.15) is 0 Å². The van der Waals surface area contributed by atoms with Crippen molar-refractivity contribution >= 4 is 22.6 Å². The Bertz CT molecular complexity index is 361. The van der Waals surface area contributed by atoms with E-state index in [2.05, 4.69) is 0 Å². The summed E-state index contributed by atoms with van der Waals surface area (Å²) in [5, 5.41) is 9.65. The molecule has 1 aliphatic rings. The minimum Gasteiger partial charge on any atom is -0.504 e. The molecule has 0 unspecified atom stereocenters. The molecule has 0 spiro atoms. The van der Waals surface area contributed by atoms with Crippen LogP contribution in [0.15, 0.2) is 12.1 Å². The second-order valence-electron chi connectivity index (χ2n) is 3.13. The fourth-order valence-corrected chi connectivity index (χ4v) is 2.06. The number of hydrogen-bond donors (Lipinski definition) is 1. The standard InChI is InChI=1S/C10H11IO4/c1-13-8-5-6(4-7(11)9(8)12)10-14-2-3-15-10/h4-5,10,12H,2-3H2,1H3. The van der Waals surface area contributed by atoms with Crippen molar-refractivity contribution in [3.05, 3.63) is 21.3 Å². The van der Waals surface area contributed by atoms with Gasteiger partial charge in [0.2, 0.25) is 0 Å². The molecule has 5 heteroatoms. The van der Waals surface area contributed by atoms with Crippen LogP contribution >= 0.6 is 22.6 Å². The highest BCUT2D eigenvalue weighted by atomic mass is 127. The number of hydrogen-bond acceptors (Lipinski definition) is 4. The van der Waals surface area contributed by atoms with E-state index in [9.17, 15) is 5.11 Å². The molecule has 2 rings (SSSR count). The Balaban J connectivity index is 2.35. The molecule has 1 heterocycles. The van der Waals surface area contributed by atoms with Crippen molar-refractivity contribution < 1.29 is 19.3 Å². The maximum Gasteiger partial charge on any atom is 0.184 e. The van der Waals surface area contributed by atoms with E-state index in [1.807, 2.05) is 28.7 Å². The third kappa shape index (κ3) is 2.19. The van der Waals surface area contributed by atoms with Gasteiger partial charge in [0.25, 0.3) is 0 Å². The summed E-state index contributed by atoms with van der Waals surface area (Å²) in [6.07, 6.45) is -0.340. The lowest BCUT2D eigenvalue weighted by atomic mass is 10.2. The predicted octanol–water partition coefficient (Wildman–Crippen LogP) is 2.05. The van der Waals surface area contributed by atoms with E-state index in [0.717, 1.165) is 9.13 Å². The molecule has 0 atom stereocenters. The van der Waals surface area contributed by atoms with Gasteiger partial charge in [0.05, 0.1) is 23.9 Å². The van der Waals surface area contributed by atoms with Gasteiger partial charge in [-0.2, -0.15) is 0 Å². The van der Waals surface area contributed by atoms with Crippen LogP contribution in [0.25, 0.3) is 0 Å². The van der Waals surface area contributed by atoms with Gasteiger partial charge < -0.3 is 19.3 Å². The minimum absolute atomic E-state index is 0.153. The van der Waals surface area contributed by atoms with E-state index in [1.54, 1.807) is 6.07 Å². The lowest BCUT2D eigenvalue weighted by molar-refractivity contribution is -0.0442. The minimum atomic E-state index is -0.340. The molecule has 1 aromatic carbocycles. The molecule has 0 bridgehead atoms. The Kier molecular flexibility index (Phi) is 3.32. The van der Waals surface area contributed by atoms with Crippen molar-refractivity contribution in [3.8, 4) is 11.5 Å². The van der Waals surface area contributed by atoms with E-state index in [-0.39, 0.29) is 12.0 Å². The molecule has 1 saturated heterocycles. The fraction of sp³-hybridized carbons (Fsp3) is 0.400. The monoisotopic (exact) mass is 322 g/mol. The van der Waals surface area contributed by atoms with Crippen LogP contribution in [0.5, 0.6) is 11.5 Å². The summed E-state index contributed by atoms with van der Waals surface area (Å²) in [5.74, 6) is 0.593. The fourth-order valence-electron chi connectivity index (χ4n) is 1.44. The van der Waals surface area contributed by atoms with Crippen LogP contribution in [0.2, 0.25) is 0 Å². The van der Waals surface area contributed by atoms with Crippen LogP contribution in [0.4, 0.5) is 0 Å². The summed E-state index contributed by atoms with van der Waals surface area (Å²) in [7, 11) is 1.52. The molecule has 82 valence electrons. The Morgan fingerprint density at radius 1 is 1.40 bits per heavy atom. The Morgan fingerprint density at radius 3 is 2.67 bits per heavy atom. The van der Waals surface area contributed by atoms with Gasteiger partial charge in [-0.25, -0.2) is 0 Å². The first-order chi connectivity index (χ1) is 7.22. The molecule has 1 aliphatic heterocycles. The molecule has 0 aromatic heterocycles. The maximum absolute atomic E-state index is 9.65. The SMILES string of the molecule is COc1cc(C2OCCO2)cc(I)c1O. The third-order valence-electron chi connectivity index (χ3n) is 2.16. The summed E-state index contributed by atoms with van der Waals surface area (Å²) >= 11 is 2.04. The van der Waals surface area contributed by atoms with E-state index < -0.39 is 0 Å². The normalized spacial score (nSPS) is 16.9. The molecule has 0 aliphatic carbocycles. The van der Waals surface area contributed by atoms with Crippen LogP contribution in [0.3, 0.4) is 0 Å². The number of ether oxygens (including phenoxy) is 3. The zero-order chi connectivity index (χ0) is 10.8. The van der Waals surface area contributed by atoms with E-state index >= 15 is 0 Å². The van der Waals surface area contributed by atoms with Crippen LogP contribution in [-0.2, 0) is 9.47 Å². The lowest BCUT2D eigenvalue weighted by Crippen LogP contribution is -1.99.